The Morgan fingerprint density at radius 2 is 2.17 bits per heavy atom. The fourth-order valence-electron chi connectivity index (χ4n) is 4.07. The lowest BCUT2D eigenvalue weighted by molar-refractivity contribution is 0.107. The Balaban J connectivity index is 1.47. The van der Waals surface area contributed by atoms with Crippen molar-refractivity contribution in [3.05, 3.63) is 30.0 Å². The van der Waals surface area contributed by atoms with Gasteiger partial charge in [-0.2, -0.15) is 5.10 Å². The Morgan fingerprint density at radius 3 is 3.00 bits per heavy atom. The molecule has 23 heavy (non-hydrogen) atoms. The van der Waals surface area contributed by atoms with E-state index in [0.29, 0.717) is 12.1 Å². The van der Waals surface area contributed by atoms with Gasteiger partial charge >= 0.3 is 0 Å². The second-order valence-corrected chi connectivity index (χ2v) is 6.98. The summed E-state index contributed by atoms with van der Waals surface area (Å²) in [6.45, 7) is 5.75. The van der Waals surface area contributed by atoms with Gasteiger partial charge in [-0.25, -0.2) is 0 Å². The van der Waals surface area contributed by atoms with Crippen molar-refractivity contribution >= 4 is 10.9 Å². The molecule has 0 unspecified atom stereocenters. The van der Waals surface area contributed by atoms with E-state index in [0.717, 1.165) is 25.0 Å². The zero-order valence-electron chi connectivity index (χ0n) is 13.9. The smallest absolute Gasteiger partial charge is 0.0713 e. The Kier molecular flexibility index (Phi) is 4.33. The fraction of sp³-hybridized carbons (Fsp3) is 0.611. The molecule has 1 aromatic heterocycles. The first-order chi connectivity index (χ1) is 11.3. The summed E-state index contributed by atoms with van der Waals surface area (Å²) in [5, 5.41) is 8.37. The lowest BCUT2D eigenvalue weighted by Crippen LogP contribution is -2.38. The van der Waals surface area contributed by atoms with E-state index >= 15 is 0 Å². The summed E-state index contributed by atoms with van der Waals surface area (Å²) in [6.07, 6.45) is 6.12. The molecule has 2 fully saturated rings. The predicted octanol–water partition coefficient (Wildman–Crippen LogP) is 2.25. The van der Waals surface area contributed by atoms with Gasteiger partial charge in [0, 0.05) is 38.2 Å². The van der Waals surface area contributed by atoms with Crippen molar-refractivity contribution in [1.29, 1.82) is 0 Å². The summed E-state index contributed by atoms with van der Waals surface area (Å²) in [4.78, 5) is 5.22. The van der Waals surface area contributed by atoms with Crippen molar-refractivity contribution in [2.24, 2.45) is 0 Å². The SMILES string of the molecule is CO[C@H]1C[C@@H](CN2CCCC2)N(Cc2ccc3cn[nH]c3c2)C1. The van der Waals surface area contributed by atoms with E-state index in [-0.39, 0.29) is 0 Å². The molecule has 2 aliphatic rings. The standard InChI is InChI=1S/C18H26N4O/c1-23-17-9-16(12-21-6-2-3-7-21)22(13-17)11-14-4-5-15-10-19-20-18(15)8-14/h4-5,8,10,16-17H,2-3,6-7,9,11-13H2,1H3,(H,19,20)/t16-,17-/m0/s1. The van der Waals surface area contributed by atoms with E-state index in [1.807, 2.05) is 13.3 Å². The maximum Gasteiger partial charge on any atom is 0.0713 e. The average Bonchev–Trinajstić information content (AvgIpc) is 3.29. The Bertz CT molecular complexity index is 649. The van der Waals surface area contributed by atoms with Crippen LogP contribution >= 0.6 is 0 Å². The number of hydrogen-bond acceptors (Lipinski definition) is 4. The van der Waals surface area contributed by atoms with E-state index in [2.05, 4.69) is 38.2 Å². The van der Waals surface area contributed by atoms with Gasteiger partial charge in [0.05, 0.1) is 17.8 Å². The molecule has 0 saturated carbocycles. The predicted molar refractivity (Wildman–Crippen MR) is 91.4 cm³/mol. The first kappa shape index (κ1) is 15.1. The van der Waals surface area contributed by atoms with Crippen LogP contribution < -0.4 is 0 Å². The van der Waals surface area contributed by atoms with E-state index in [1.165, 1.54) is 43.4 Å². The van der Waals surface area contributed by atoms with Gasteiger partial charge in [0.25, 0.3) is 0 Å². The fourth-order valence-corrected chi connectivity index (χ4v) is 4.07. The quantitative estimate of drug-likeness (QED) is 0.919. The molecule has 2 aromatic rings. The van der Waals surface area contributed by atoms with Crippen LogP contribution in [0.3, 0.4) is 0 Å². The molecule has 0 amide bonds. The lowest BCUT2D eigenvalue weighted by atomic mass is 10.1. The minimum Gasteiger partial charge on any atom is -0.380 e. The third-order valence-electron chi connectivity index (χ3n) is 5.38. The van der Waals surface area contributed by atoms with E-state index in [9.17, 15) is 0 Å². The van der Waals surface area contributed by atoms with Crippen molar-refractivity contribution in [2.75, 3.05) is 33.3 Å². The maximum atomic E-state index is 5.66. The number of nitrogens with one attached hydrogen (secondary N) is 1. The van der Waals surface area contributed by atoms with Gasteiger partial charge in [-0.05, 0) is 44.0 Å². The first-order valence-electron chi connectivity index (χ1n) is 8.73. The molecular weight excluding hydrogens is 288 g/mol. The van der Waals surface area contributed by atoms with Crippen LogP contribution in [0.5, 0.6) is 0 Å². The molecule has 1 N–H and O–H groups in total. The van der Waals surface area contributed by atoms with Crippen LogP contribution in [0.2, 0.25) is 0 Å². The number of ether oxygens (including phenoxy) is 1. The summed E-state index contributed by atoms with van der Waals surface area (Å²) >= 11 is 0. The molecule has 2 aliphatic heterocycles. The largest absolute Gasteiger partial charge is 0.380 e. The van der Waals surface area contributed by atoms with Crippen LogP contribution in [-0.2, 0) is 11.3 Å². The van der Waals surface area contributed by atoms with Crippen LogP contribution in [0.15, 0.2) is 24.4 Å². The minimum atomic E-state index is 0.374. The monoisotopic (exact) mass is 314 g/mol. The second kappa shape index (κ2) is 6.59. The van der Waals surface area contributed by atoms with Gasteiger partial charge in [0.15, 0.2) is 0 Å². The molecular formula is C18H26N4O. The number of nitrogens with zero attached hydrogens (tertiary/aromatic N) is 3. The van der Waals surface area contributed by atoms with Crippen molar-refractivity contribution < 1.29 is 4.74 Å². The number of rotatable bonds is 5. The van der Waals surface area contributed by atoms with E-state index < -0.39 is 0 Å². The average molecular weight is 314 g/mol. The van der Waals surface area contributed by atoms with E-state index in [1.54, 1.807) is 0 Å². The van der Waals surface area contributed by atoms with Gasteiger partial charge < -0.3 is 9.64 Å². The summed E-state index contributed by atoms with van der Waals surface area (Å²) in [5.41, 5.74) is 2.48. The highest BCUT2D eigenvalue weighted by Gasteiger charge is 2.33. The summed E-state index contributed by atoms with van der Waals surface area (Å²) in [6, 6.07) is 7.23. The van der Waals surface area contributed by atoms with Crippen LogP contribution in [0, 0.1) is 0 Å². The maximum absolute atomic E-state index is 5.66. The molecule has 3 heterocycles. The molecule has 0 aliphatic carbocycles. The number of hydrogen-bond donors (Lipinski definition) is 1. The van der Waals surface area contributed by atoms with Gasteiger partial charge in [-0.15, -0.1) is 0 Å². The molecule has 5 heteroatoms. The Hall–Kier alpha value is -1.43. The number of H-pyrrole nitrogens is 1. The number of methoxy groups -OCH3 is 1. The van der Waals surface area contributed by atoms with Crippen LogP contribution in [0.25, 0.3) is 10.9 Å². The van der Waals surface area contributed by atoms with E-state index in [4.69, 9.17) is 4.74 Å². The highest BCUT2D eigenvalue weighted by atomic mass is 16.5. The van der Waals surface area contributed by atoms with Crippen LogP contribution in [-0.4, -0.2) is 65.4 Å². The summed E-state index contributed by atoms with van der Waals surface area (Å²) in [7, 11) is 1.84. The van der Waals surface area contributed by atoms with Crippen molar-refractivity contribution in [3.8, 4) is 0 Å². The molecule has 0 bridgehead atoms. The zero-order chi connectivity index (χ0) is 15.6. The van der Waals surface area contributed by atoms with Gasteiger partial charge in [-0.1, -0.05) is 12.1 Å². The van der Waals surface area contributed by atoms with Crippen LogP contribution in [0.1, 0.15) is 24.8 Å². The third-order valence-corrected chi connectivity index (χ3v) is 5.38. The normalized spacial score (nSPS) is 26.5. The van der Waals surface area contributed by atoms with Gasteiger partial charge in [-0.3, -0.25) is 10.00 Å². The summed E-state index contributed by atoms with van der Waals surface area (Å²) < 4.78 is 5.66. The number of benzene rings is 1. The minimum absolute atomic E-state index is 0.374. The lowest BCUT2D eigenvalue weighted by Gasteiger charge is -2.28. The molecule has 4 rings (SSSR count). The first-order valence-corrected chi connectivity index (χ1v) is 8.73. The van der Waals surface area contributed by atoms with Gasteiger partial charge in [0.2, 0.25) is 0 Å². The Morgan fingerprint density at radius 1 is 1.30 bits per heavy atom. The number of aromatic amines is 1. The van der Waals surface area contributed by atoms with Crippen molar-refractivity contribution in [1.82, 2.24) is 20.0 Å². The number of aromatic nitrogens is 2. The molecule has 0 radical (unpaired) electrons. The van der Waals surface area contributed by atoms with Crippen molar-refractivity contribution in [2.45, 2.75) is 38.0 Å². The Labute approximate surface area is 137 Å². The topological polar surface area (TPSA) is 44.4 Å². The number of fused-ring (bicyclic) bond motifs is 1. The molecule has 0 spiro atoms. The molecule has 1 aromatic carbocycles. The third kappa shape index (κ3) is 3.27. The highest BCUT2D eigenvalue weighted by Crippen LogP contribution is 2.25. The molecule has 2 atom stereocenters. The molecule has 2 saturated heterocycles. The summed E-state index contributed by atoms with van der Waals surface area (Å²) in [5.74, 6) is 0. The highest BCUT2D eigenvalue weighted by molar-refractivity contribution is 5.78. The van der Waals surface area contributed by atoms with Crippen LogP contribution in [0.4, 0.5) is 0 Å². The molecule has 5 nitrogen and oxygen atoms in total. The molecule has 124 valence electrons. The van der Waals surface area contributed by atoms with Gasteiger partial charge in [0.1, 0.15) is 0 Å². The zero-order valence-corrected chi connectivity index (χ0v) is 13.9. The second-order valence-electron chi connectivity index (χ2n) is 6.98. The number of likely N-dealkylation sites (tertiary alicyclic amines) is 2. The van der Waals surface area contributed by atoms with Crippen molar-refractivity contribution in [3.63, 3.8) is 0 Å².